The zero-order chi connectivity index (χ0) is 16.5. The molecule has 1 N–H and O–H groups in total. The molecule has 0 spiro atoms. The SMILES string of the molecule is O=C(Cn1nc2c(cc1=O)CCCCC2)NC[C@@H]1C[C@@H]2C=C[C@@H]1C2. The van der Waals surface area contributed by atoms with Crippen molar-refractivity contribution >= 4 is 5.91 Å². The zero-order valence-corrected chi connectivity index (χ0v) is 14.0. The van der Waals surface area contributed by atoms with E-state index in [1.54, 1.807) is 6.07 Å². The van der Waals surface area contributed by atoms with Crippen LogP contribution in [0, 0.1) is 17.8 Å². The molecule has 1 aromatic rings. The van der Waals surface area contributed by atoms with Crippen molar-refractivity contribution in [3.05, 3.63) is 39.8 Å². The number of carbonyl (C=O) groups excluding carboxylic acids is 1. The lowest BCUT2D eigenvalue weighted by atomic mass is 9.94. The summed E-state index contributed by atoms with van der Waals surface area (Å²) in [6.45, 7) is 0.743. The number of aromatic nitrogens is 2. The Morgan fingerprint density at radius 1 is 1.21 bits per heavy atom. The van der Waals surface area contributed by atoms with Gasteiger partial charge in [-0.25, -0.2) is 4.68 Å². The first-order valence-corrected chi connectivity index (χ1v) is 9.24. The van der Waals surface area contributed by atoms with Gasteiger partial charge in [-0.15, -0.1) is 0 Å². The highest BCUT2D eigenvalue weighted by Crippen LogP contribution is 2.42. The predicted molar refractivity (Wildman–Crippen MR) is 91.6 cm³/mol. The van der Waals surface area contributed by atoms with E-state index in [9.17, 15) is 9.59 Å². The van der Waals surface area contributed by atoms with Gasteiger partial charge in [-0.3, -0.25) is 9.59 Å². The number of carbonyl (C=O) groups is 1. The van der Waals surface area contributed by atoms with Gasteiger partial charge in [-0.2, -0.15) is 5.10 Å². The first-order valence-electron chi connectivity index (χ1n) is 9.24. The maximum atomic E-state index is 12.2. The van der Waals surface area contributed by atoms with Crippen LogP contribution in [0.1, 0.15) is 43.4 Å². The van der Waals surface area contributed by atoms with Gasteiger partial charge in [-0.05, 0) is 61.8 Å². The molecule has 24 heavy (non-hydrogen) atoms. The van der Waals surface area contributed by atoms with Gasteiger partial charge < -0.3 is 5.32 Å². The molecule has 1 saturated carbocycles. The molecule has 5 heteroatoms. The molecule has 3 aliphatic rings. The second-order valence-corrected chi connectivity index (χ2v) is 7.52. The summed E-state index contributed by atoms with van der Waals surface area (Å²) >= 11 is 0. The maximum absolute atomic E-state index is 12.2. The molecular formula is C19H25N3O2. The highest BCUT2D eigenvalue weighted by Gasteiger charge is 2.35. The van der Waals surface area contributed by atoms with Gasteiger partial charge in [0.25, 0.3) is 5.56 Å². The molecule has 0 unspecified atom stereocenters. The minimum atomic E-state index is -0.159. The van der Waals surface area contributed by atoms with Crippen LogP contribution in [0.2, 0.25) is 0 Å². The number of allylic oxidation sites excluding steroid dienone is 2. The standard InChI is InChI=1S/C19H25N3O2/c23-18(20-11-16-9-13-6-7-14(16)8-13)12-22-19(24)10-15-4-2-1-3-5-17(15)21-22/h6-7,10,13-14,16H,1-5,8-9,11-12H2,(H,20,23)/t13-,14-,16+/m1/s1. The van der Waals surface area contributed by atoms with Crippen LogP contribution < -0.4 is 10.9 Å². The fourth-order valence-electron chi connectivity index (χ4n) is 4.46. The summed E-state index contributed by atoms with van der Waals surface area (Å²) in [6, 6.07) is 1.68. The molecule has 1 fully saturated rings. The molecule has 128 valence electrons. The van der Waals surface area contributed by atoms with Crippen molar-refractivity contribution in [3.63, 3.8) is 0 Å². The summed E-state index contributed by atoms with van der Waals surface area (Å²) in [6.07, 6.45) is 12.3. The number of hydrogen-bond acceptors (Lipinski definition) is 3. The molecule has 5 nitrogen and oxygen atoms in total. The van der Waals surface area contributed by atoms with Crippen LogP contribution in [-0.2, 0) is 24.2 Å². The van der Waals surface area contributed by atoms with Crippen molar-refractivity contribution in [1.29, 1.82) is 0 Å². The number of hydrogen-bond donors (Lipinski definition) is 1. The quantitative estimate of drug-likeness (QED) is 0.678. The van der Waals surface area contributed by atoms with Gasteiger partial charge in [0, 0.05) is 12.6 Å². The van der Waals surface area contributed by atoms with Crippen molar-refractivity contribution in [3.8, 4) is 0 Å². The first kappa shape index (κ1) is 15.6. The van der Waals surface area contributed by atoms with Crippen molar-refractivity contribution in [1.82, 2.24) is 15.1 Å². The Hall–Kier alpha value is -1.91. The number of aryl methyl sites for hydroxylation is 2. The second-order valence-electron chi connectivity index (χ2n) is 7.52. The average molecular weight is 327 g/mol. The van der Waals surface area contributed by atoms with Crippen molar-refractivity contribution < 1.29 is 4.79 Å². The molecule has 0 radical (unpaired) electrons. The van der Waals surface area contributed by atoms with Crippen molar-refractivity contribution in [2.45, 2.75) is 51.5 Å². The average Bonchev–Trinajstić information content (AvgIpc) is 3.12. The monoisotopic (exact) mass is 327 g/mol. The summed E-state index contributed by atoms with van der Waals surface area (Å²) in [4.78, 5) is 24.4. The molecule has 0 aliphatic heterocycles. The lowest BCUT2D eigenvalue weighted by Crippen LogP contribution is -2.37. The van der Waals surface area contributed by atoms with Crippen LogP contribution in [-0.4, -0.2) is 22.2 Å². The summed E-state index contributed by atoms with van der Waals surface area (Å²) in [5.41, 5.74) is 1.91. The van der Waals surface area contributed by atoms with Gasteiger partial charge in [-0.1, -0.05) is 18.6 Å². The van der Waals surface area contributed by atoms with Crippen LogP contribution in [0.4, 0.5) is 0 Å². The van der Waals surface area contributed by atoms with Crippen molar-refractivity contribution in [2.24, 2.45) is 17.8 Å². The highest BCUT2D eigenvalue weighted by atomic mass is 16.2. The minimum Gasteiger partial charge on any atom is -0.354 e. The molecule has 2 bridgehead atoms. The van der Waals surface area contributed by atoms with E-state index in [2.05, 4.69) is 22.6 Å². The van der Waals surface area contributed by atoms with E-state index in [1.165, 1.54) is 23.9 Å². The fraction of sp³-hybridized carbons (Fsp3) is 0.632. The van der Waals surface area contributed by atoms with Gasteiger partial charge in [0.15, 0.2) is 0 Å². The summed E-state index contributed by atoms with van der Waals surface area (Å²) in [5.74, 6) is 1.79. The molecule has 0 aromatic carbocycles. The van der Waals surface area contributed by atoms with E-state index in [4.69, 9.17) is 0 Å². The Bertz CT molecular complexity index is 722. The van der Waals surface area contributed by atoms with Gasteiger partial charge in [0.1, 0.15) is 6.54 Å². The summed E-state index contributed by atoms with van der Waals surface area (Å²) in [7, 11) is 0. The molecule has 0 saturated heterocycles. The predicted octanol–water partition coefficient (Wildman–Crippen LogP) is 1.84. The summed E-state index contributed by atoms with van der Waals surface area (Å²) in [5, 5.41) is 7.47. The maximum Gasteiger partial charge on any atom is 0.267 e. The number of amides is 1. The smallest absolute Gasteiger partial charge is 0.267 e. The molecule has 1 aromatic heterocycles. The number of nitrogens with one attached hydrogen (secondary N) is 1. The summed E-state index contributed by atoms with van der Waals surface area (Å²) < 4.78 is 1.33. The second kappa shape index (κ2) is 6.54. The fourth-order valence-corrected chi connectivity index (χ4v) is 4.46. The molecule has 3 atom stereocenters. The van der Waals surface area contributed by atoms with Crippen molar-refractivity contribution in [2.75, 3.05) is 6.54 Å². The Labute approximate surface area is 142 Å². The van der Waals surface area contributed by atoms with E-state index >= 15 is 0 Å². The zero-order valence-electron chi connectivity index (χ0n) is 14.0. The third kappa shape index (κ3) is 3.17. The Morgan fingerprint density at radius 3 is 2.88 bits per heavy atom. The van der Waals surface area contributed by atoms with Crippen LogP contribution >= 0.6 is 0 Å². The number of rotatable bonds is 4. The molecule has 1 amide bonds. The van der Waals surface area contributed by atoms with Gasteiger partial charge in [0.05, 0.1) is 5.69 Å². The number of fused-ring (bicyclic) bond motifs is 3. The third-order valence-electron chi connectivity index (χ3n) is 5.80. The minimum absolute atomic E-state index is 0.0305. The first-order chi connectivity index (χ1) is 11.7. The van der Waals surface area contributed by atoms with E-state index in [-0.39, 0.29) is 18.0 Å². The molecule has 3 aliphatic carbocycles. The van der Waals surface area contributed by atoms with E-state index in [1.807, 2.05) is 0 Å². The van der Waals surface area contributed by atoms with Crippen LogP contribution in [0.3, 0.4) is 0 Å². The largest absolute Gasteiger partial charge is 0.354 e. The lowest BCUT2D eigenvalue weighted by Gasteiger charge is -2.18. The van der Waals surface area contributed by atoms with E-state index in [0.717, 1.165) is 36.9 Å². The van der Waals surface area contributed by atoms with Crippen LogP contribution in [0.15, 0.2) is 23.0 Å². The Kier molecular flexibility index (Phi) is 4.25. The van der Waals surface area contributed by atoms with Crippen LogP contribution in [0.25, 0.3) is 0 Å². The molecule has 1 heterocycles. The normalized spacial score (nSPS) is 27.8. The lowest BCUT2D eigenvalue weighted by molar-refractivity contribution is -0.122. The Morgan fingerprint density at radius 2 is 2.08 bits per heavy atom. The molecular weight excluding hydrogens is 302 g/mol. The van der Waals surface area contributed by atoms with E-state index < -0.39 is 0 Å². The molecule has 4 rings (SSSR count). The highest BCUT2D eigenvalue weighted by molar-refractivity contribution is 5.75. The van der Waals surface area contributed by atoms with E-state index in [0.29, 0.717) is 24.3 Å². The third-order valence-corrected chi connectivity index (χ3v) is 5.80. The topological polar surface area (TPSA) is 64.0 Å². The van der Waals surface area contributed by atoms with Crippen LogP contribution in [0.5, 0.6) is 0 Å². The van der Waals surface area contributed by atoms with Gasteiger partial charge >= 0.3 is 0 Å². The van der Waals surface area contributed by atoms with Gasteiger partial charge in [0.2, 0.25) is 5.91 Å². The number of nitrogens with zero attached hydrogens (tertiary/aromatic N) is 2. The Balaban J connectivity index is 1.38.